The number of hydrogen-bond acceptors (Lipinski definition) is 14. The zero-order valence-corrected chi connectivity index (χ0v) is 33.9. The lowest BCUT2D eigenvalue weighted by Gasteiger charge is -2.38. The van der Waals surface area contributed by atoms with Crippen molar-refractivity contribution in [3.63, 3.8) is 0 Å². The number of nitrogens with zero attached hydrogens (tertiary/aromatic N) is 2. The van der Waals surface area contributed by atoms with Gasteiger partial charge in [0.05, 0.1) is 40.9 Å². The lowest BCUT2D eigenvalue weighted by atomic mass is 9.78. The van der Waals surface area contributed by atoms with Crippen LogP contribution in [0.4, 0.5) is 5.69 Å². The van der Waals surface area contributed by atoms with Gasteiger partial charge in [-0.3, -0.25) is 24.4 Å². The summed E-state index contributed by atoms with van der Waals surface area (Å²) in [5.74, 6) is -6.92. The van der Waals surface area contributed by atoms with Crippen molar-refractivity contribution in [1.29, 1.82) is 0 Å². The molecule has 57 heavy (non-hydrogen) atoms. The molecule has 308 valence electrons. The predicted molar refractivity (Wildman–Crippen MR) is 209 cm³/mol. The molecule has 0 aromatic heterocycles. The number of ketones is 1. The summed E-state index contributed by atoms with van der Waals surface area (Å²) in [6, 6.07) is 0. The summed E-state index contributed by atoms with van der Waals surface area (Å²) in [4.78, 5) is 50.7. The number of amides is 1. The van der Waals surface area contributed by atoms with E-state index in [2.05, 4.69) is 10.6 Å². The summed E-state index contributed by atoms with van der Waals surface area (Å²) in [7, 11) is 1.46. The number of hydrogen-bond donors (Lipinski definition) is 6. The standard InChI is InChI=1S/C42H54N4O11/c1-19-11-10-12-20(2)40(53)44-32-31-30(45-42(46-31)14-16-43-17-15-42)27-28(36(32)51)35(50)24(6)38-29(27)39(52)41(8,57-38)55-18-13-26(54-9)21(3)37(56-25(7)47)23(5)34(49)22(4)33(19)48/h10-13,18-19,21-23,26,33-34,37,43,48-51H,14-17H2,1-9H3,(H,44,53)/b11-10+,18-13+,20-12-/t19-,21+,22+,23+,26-,33-,34+,37+,41-/m0/s1. The number of benzene rings is 2. The van der Waals surface area contributed by atoms with Gasteiger partial charge in [0.25, 0.3) is 11.7 Å². The quantitative estimate of drug-likeness (QED) is 0.191. The Balaban J connectivity index is 1.55. The van der Waals surface area contributed by atoms with Gasteiger partial charge in [-0.2, -0.15) is 0 Å². The van der Waals surface area contributed by atoms with Crippen molar-refractivity contribution < 1.29 is 53.8 Å². The molecule has 9 atom stereocenters. The lowest BCUT2D eigenvalue weighted by Crippen LogP contribution is -2.46. The van der Waals surface area contributed by atoms with Crippen LogP contribution in [0.2, 0.25) is 0 Å². The van der Waals surface area contributed by atoms with E-state index in [0.29, 0.717) is 25.9 Å². The van der Waals surface area contributed by atoms with E-state index in [-0.39, 0.29) is 55.4 Å². The Labute approximate surface area is 331 Å². The van der Waals surface area contributed by atoms with Crippen LogP contribution in [0.3, 0.4) is 0 Å². The van der Waals surface area contributed by atoms with Crippen molar-refractivity contribution in [2.75, 3.05) is 25.5 Å². The van der Waals surface area contributed by atoms with Crippen molar-refractivity contribution >= 4 is 34.1 Å². The van der Waals surface area contributed by atoms with Gasteiger partial charge in [0.15, 0.2) is 11.4 Å². The number of esters is 1. The number of anilines is 1. The molecule has 6 rings (SSSR count). The van der Waals surface area contributed by atoms with Crippen molar-refractivity contribution in [3.05, 3.63) is 58.0 Å². The molecule has 2 aromatic carbocycles. The maximum absolute atomic E-state index is 14.6. The number of methoxy groups -OCH3 is 1. The molecule has 1 amide bonds. The van der Waals surface area contributed by atoms with Crippen LogP contribution in [0.15, 0.2) is 46.1 Å². The minimum atomic E-state index is -1.95. The summed E-state index contributed by atoms with van der Waals surface area (Å²) < 4.78 is 23.8. The Morgan fingerprint density at radius 1 is 0.930 bits per heavy atom. The van der Waals surface area contributed by atoms with Crippen LogP contribution in [-0.2, 0) is 23.8 Å². The van der Waals surface area contributed by atoms with Crippen LogP contribution < -0.4 is 26.1 Å². The van der Waals surface area contributed by atoms with Crippen LogP contribution in [0.25, 0.3) is 10.8 Å². The highest BCUT2D eigenvalue weighted by molar-refractivity contribution is 6.19. The van der Waals surface area contributed by atoms with E-state index in [1.807, 2.05) is 0 Å². The Bertz CT molecular complexity index is 2190. The maximum Gasteiger partial charge on any atom is 0.312 e. The summed E-state index contributed by atoms with van der Waals surface area (Å²) in [6.07, 6.45) is 4.93. The highest BCUT2D eigenvalue weighted by atomic mass is 16.7. The van der Waals surface area contributed by atoms with Gasteiger partial charge in [-0.05, 0) is 33.0 Å². The lowest BCUT2D eigenvalue weighted by molar-refractivity contribution is -0.160. The highest BCUT2D eigenvalue weighted by Crippen LogP contribution is 2.50. The van der Waals surface area contributed by atoms with E-state index >= 15 is 0 Å². The van der Waals surface area contributed by atoms with Crippen molar-refractivity contribution in [2.45, 2.75) is 104 Å². The Kier molecular flexibility index (Phi) is 11.6. The van der Waals surface area contributed by atoms with Gasteiger partial charge >= 0.3 is 11.8 Å². The third-order valence-electron chi connectivity index (χ3n) is 12.0. The van der Waals surface area contributed by atoms with Crippen LogP contribution in [-0.4, -0.2) is 94.2 Å². The van der Waals surface area contributed by atoms with Gasteiger partial charge in [-0.1, -0.05) is 45.9 Å². The number of phenols is 2. The second-order valence-electron chi connectivity index (χ2n) is 16.0. The fourth-order valence-electron chi connectivity index (χ4n) is 8.42. The van der Waals surface area contributed by atoms with Gasteiger partial charge in [0.2, 0.25) is 0 Å². The van der Waals surface area contributed by atoms with Crippen LogP contribution in [0.5, 0.6) is 17.2 Å². The third kappa shape index (κ3) is 7.41. The van der Waals surface area contributed by atoms with Gasteiger partial charge in [0.1, 0.15) is 28.6 Å². The van der Waals surface area contributed by atoms with Crippen molar-refractivity contribution in [3.8, 4) is 17.2 Å². The number of Topliss-reactive ketones (excluding diaryl/α,β-unsaturated/α-hetero) is 1. The molecule has 0 unspecified atom stereocenters. The largest absolute Gasteiger partial charge is 0.507 e. The first kappa shape index (κ1) is 41.8. The van der Waals surface area contributed by atoms with Gasteiger partial charge in [-0.15, -0.1) is 0 Å². The highest BCUT2D eigenvalue weighted by Gasteiger charge is 2.50. The van der Waals surface area contributed by atoms with E-state index in [1.54, 1.807) is 65.8 Å². The molecular formula is C42H54N4O11. The third-order valence-corrected chi connectivity index (χ3v) is 12.0. The fraction of sp³-hybridized carbons (Fsp3) is 0.548. The minimum absolute atomic E-state index is 0.0288. The monoisotopic (exact) mass is 790 g/mol. The number of rotatable bonds is 2. The SMILES string of the molecule is CO[C@H]1/C=C/O[C@@]2(C)Oc3c(C)c(O)c4c(O)c(c5c(c4c3C2=O)=NC2(CCNCC2)N=5)NC(=O)/C(C)=C\C=C\[C@H](C)[C@H](O)[C@@H](C)[C@@H](O)[C@@H](C)[C@H](OC(C)=O)[C@@H]1C. The Morgan fingerprint density at radius 3 is 2.25 bits per heavy atom. The van der Waals surface area contributed by atoms with Crippen LogP contribution >= 0.6 is 0 Å². The zero-order valence-electron chi connectivity index (χ0n) is 33.9. The van der Waals surface area contributed by atoms with Crippen LogP contribution in [0.1, 0.15) is 77.2 Å². The first-order valence-corrected chi connectivity index (χ1v) is 19.4. The van der Waals surface area contributed by atoms with Gasteiger partial charge < -0.3 is 50.0 Å². The number of fused-ring (bicyclic) bond motifs is 1. The zero-order chi connectivity index (χ0) is 41.7. The number of carbonyl (C=O) groups excluding carboxylic acids is 3. The van der Waals surface area contributed by atoms with E-state index in [0.717, 1.165) is 0 Å². The average molecular weight is 791 g/mol. The van der Waals surface area contributed by atoms with Crippen molar-refractivity contribution in [2.24, 2.45) is 33.7 Å². The topological polar surface area (TPSA) is 218 Å². The maximum atomic E-state index is 14.6. The summed E-state index contributed by atoms with van der Waals surface area (Å²) in [5.41, 5.74) is -0.588. The molecular weight excluding hydrogens is 736 g/mol. The number of ether oxygens (including phenoxy) is 4. The minimum Gasteiger partial charge on any atom is -0.507 e. The first-order valence-electron chi connectivity index (χ1n) is 19.4. The molecule has 4 bridgehead atoms. The number of allylic oxidation sites excluding steroid dienone is 2. The van der Waals surface area contributed by atoms with E-state index < -0.39 is 82.9 Å². The number of phenolic OH excluding ortho intramolecular Hbond substituents is 2. The molecule has 0 radical (unpaired) electrons. The number of aliphatic hydroxyl groups is 2. The average Bonchev–Trinajstić information content (AvgIpc) is 3.67. The normalized spacial score (nSPS) is 33.6. The number of nitrogens with one attached hydrogen (secondary N) is 2. The summed E-state index contributed by atoms with van der Waals surface area (Å²) in [5, 5.41) is 53.0. The van der Waals surface area contributed by atoms with Crippen LogP contribution in [0, 0.1) is 30.6 Å². The molecule has 0 saturated carbocycles. The number of aliphatic hydroxyl groups excluding tert-OH is 2. The Morgan fingerprint density at radius 2 is 1.60 bits per heavy atom. The molecule has 0 aliphatic carbocycles. The molecule has 4 aliphatic rings. The van der Waals surface area contributed by atoms with Crippen molar-refractivity contribution in [1.82, 2.24) is 5.32 Å². The molecule has 1 fully saturated rings. The number of piperidine rings is 1. The molecule has 4 aliphatic heterocycles. The van der Waals surface area contributed by atoms with E-state index in [4.69, 9.17) is 28.9 Å². The number of aromatic hydroxyl groups is 2. The van der Waals surface area contributed by atoms with E-state index in [9.17, 15) is 34.8 Å². The summed E-state index contributed by atoms with van der Waals surface area (Å²) >= 11 is 0. The van der Waals surface area contributed by atoms with Gasteiger partial charge in [-0.25, -0.2) is 0 Å². The molecule has 2 aromatic rings. The van der Waals surface area contributed by atoms with Gasteiger partial charge in [0, 0.05) is 74.0 Å². The molecule has 4 heterocycles. The molecule has 1 spiro atoms. The molecule has 1 saturated heterocycles. The second-order valence-corrected chi connectivity index (χ2v) is 16.0. The smallest absolute Gasteiger partial charge is 0.312 e. The Hall–Kier alpha value is -4.83. The molecule has 15 nitrogen and oxygen atoms in total. The first-order chi connectivity index (χ1) is 26.9. The molecule has 15 heteroatoms. The second kappa shape index (κ2) is 15.8. The summed E-state index contributed by atoms with van der Waals surface area (Å²) in [6.45, 7) is 14.0. The predicted octanol–water partition coefficient (Wildman–Crippen LogP) is 3.38. The fourth-order valence-corrected chi connectivity index (χ4v) is 8.42. The van der Waals surface area contributed by atoms with E-state index in [1.165, 1.54) is 27.2 Å². The molecule has 6 N–H and O–H groups in total. The number of carbonyl (C=O) groups is 3.